The molecule has 1 amide bonds. The van der Waals surface area contributed by atoms with Crippen LogP contribution in [0.5, 0.6) is 0 Å². The Hall–Kier alpha value is -2.17. The fourth-order valence-electron chi connectivity index (χ4n) is 0.992. The highest BCUT2D eigenvalue weighted by atomic mass is 19.1. The monoisotopic (exact) mass is 209 g/mol. The van der Waals surface area contributed by atoms with Crippen molar-refractivity contribution in [3.63, 3.8) is 0 Å². The zero-order valence-electron chi connectivity index (χ0n) is 7.61. The molecule has 0 aliphatic heterocycles. The molecule has 0 fully saturated rings. The van der Waals surface area contributed by atoms with Crippen LogP contribution in [0.1, 0.15) is 5.56 Å². The summed E-state index contributed by atoms with van der Waals surface area (Å²) in [5, 5.41) is 10.7. The van der Waals surface area contributed by atoms with Crippen molar-refractivity contribution >= 4 is 18.5 Å². The standard InChI is InChI=1S/C10H8FNO3/c11-8-3-1-2-7(4-8)5-9(10(14)15)12-6-13/h1-6H,(H,12,13)(H,14,15). The van der Waals surface area contributed by atoms with Gasteiger partial charge < -0.3 is 10.4 Å². The van der Waals surface area contributed by atoms with Crippen LogP contribution >= 0.6 is 0 Å². The number of nitrogens with one attached hydrogen (secondary N) is 1. The smallest absolute Gasteiger partial charge is 0.352 e. The Morgan fingerprint density at radius 2 is 2.20 bits per heavy atom. The van der Waals surface area contributed by atoms with Crippen LogP contribution in [-0.2, 0) is 9.59 Å². The molecule has 0 atom stereocenters. The van der Waals surface area contributed by atoms with Crippen molar-refractivity contribution in [3.05, 3.63) is 41.3 Å². The van der Waals surface area contributed by atoms with Gasteiger partial charge in [0, 0.05) is 0 Å². The van der Waals surface area contributed by atoms with Gasteiger partial charge >= 0.3 is 5.97 Å². The van der Waals surface area contributed by atoms with Crippen LogP contribution in [0, 0.1) is 5.82 Å². The van der Waals surface area contributed by atoms with Crippen molar-refractivity contribution < 1.29 is 19.1 Å². The highest BCUT2D eigenvalue weighted by molar-refractivity contribution is 5.93. The predicted molar refractivity (Wildman–Crippen MR) is 51.2 cm³/mol. The summed E-state index contributed by atoms with van der Waals surface area (Å²) in [6.07, 6.45) is 1.42. The third-order valence-corrected chi connectivity index (χ3v) is 1.60. The number of halogens is 1. The molecule has 4 nitrogen and oxygen atoms in total. The van der Waals surface area contributed by atoms with Crippen molar-refractivity contribution in [1.29, 1.82) is 0 Å². The molecule has 1 rings (SSSR count). The largest absolute Gasteiger partial charge is 0.477 e. The number of amides is 1. The van der Waals surface area contributed by atoms with Crippen molar-refractivity contribution in [1.82, 2.24) is 5.32 Å². The number of carboxylic acid groups (broad SMARTS) is 1. The van der Waals surface area contributed by atoms with Gasteiger partial charge in [-0.05, 0) is 23.8 Å². The highest BCUT2D eigenvalue weighted by Gasteiger charge is 2.05. The fraction of sp³-hybridized carbons (Fsp3) is 0. The minimum Gasteiger partial charge on any atom is -0.477 e. The summed E-state index contributed by atoms with van der Waals surface area (Å²) < 4.78 is 12.7. The van der Waals surface area contributed by atoms with E-state index < -0.39 is 11.8 Å². The van der Waals surface area contributed by atoms with E-state index in [0.717, 1.165) is 6.07 Å². The number of rotatable bonds is 4. The van der Waals surface area contributed by atoms with Gasteiger partial charge in [0.25, 0.3) is 0 Å². The summed E-state index contributed by atoms with van der Waals surface area (Å²) >= 11 is 0. The zero-order valence-corrected chi connectivity index (χ0v) is 7.61. The molecule has 78 valence electrons. The molecule has 0 aliphatic rings. The van der Waals surface area contributed by atoms with Crippen LogP contribution in [0.25, 0.3) is 6.08 Å². The fourth-order valence-corrected chi connectivity index (χ4v) is 0.992. The molecule has 1 aromatic rings. The van der Waals surface area contributed by atoms with Crippen molar-refractivity contribution in [2.75, 3.05) is 0 Å². The number of carboxylic acids is 1. The first-order chi connectivity index (χ1) is 7.13. The molecular formula is C10H8FNO3. The average molecular weight is 209 g/mol. The van der Waals surface area contributed by atoms with Crippen molar-refractivity contribution in [2.45, 2.75) is 0 Å². The van der Waals surface area contributed by atoms with Crippen LogP contribution < -0.4 is 5.32 Å². The Morgan fingerprint density at radius 1 is 1.47 bits per heavy atom. The number of hydrogen-bond donors (Lipinski definition) is 2. The molecule has 0 aliphatic carbocycles. The van der Waals surface area contributed by atoms with Gasteiger partial charge in [-0.25, -0.2) is 9.18 Å². The van der Waals surface area contributed by atoms with Crippen LogP contribution in [0.15, 0.2) is 30.0 Å². The average Bonchev–Trinajstić information content (AvgIpc) is 2.17. The first-order valence-electron chi connectivity index (χ1n) is 4.04. The Balaban J connectivity index is 3.01. The molecule has 5 heteroatoms. The van der Waals surface area contributed by atoms with Gasteiger partial charge in [-0.1, -0.05) is 12.1 Å². The maximum absolute atomic E-state index is 12.7. The number of hydrogen-bond acceptors (Lipinski definition) is 2. The summed E-state index contributed by atoms with van der Waals surface area (Å²) in [4.78, 5) is 20.7. The summed E-state index contributed by atoms with van der Waals surface area (Å²) in [6, 6.07) is 5.38. The SMILES string of the molecule is O=CNC(=Cc1cccc(F)c1)C(=O)O. The Kier molecular flexibility index (Phi) is 3.56. The lowest BCUT2D eigenvalue weighted by molar-refractivity contribution is -0.133. The second kappa shape index (κ2) is 4.90. The maximum Gasteiger partial charge on any atom is 0.352 e. The minimum atomic E-state index is -1.29. The Morgan fingerprint density at radius 3 is 2.73 bits per heavy atom. The lowest BCUT2D eigenvalue weighted by atomic mass is 10.2. The second-order valence-electron chi connectivity index (χ2n) is 2.68. The van der Waals surface area contributed by atoms with E-state index in [1.807, 2.05) is 5.32 Å². The van der Waals surface area contributed by atoms with Gasteiger partial charge in [0.2, 0.25) is 6.41 Å². The van der Waals surface area contributed by atoms with Gasteiger partial charge in [0.05, 0.1) is 0 Å². The van der Waals surface area contributed by atoms with Crippen molar-refractivity contribution in [3.8, 4) is 0 Å². The zero-order chi connectivity index (χ0) is 11.3. The lowest BCUT2D eigenvalue weighted by Crippen LogP contribution is -2.17. The topological polar surface area (TPSA) is 66.4 Å². The molecule has 1 aromatic carbocycles. The molecular weight excluding hydrogens is 201 g/mol. The lowest BCUT2D eigenvalue weighted by Gasteiger charge is -1.99. The van der Waals surface area contributed by atoms with Crippen LogP contribution in [-0.4, -0.2) is 17.5 Å². The van der Waals surface area contributed by atoms with Gasteiger partial charge in [-0.3, -0.25) is 4.79 Å². The molecule has 0 spiro atoms. The van der Waals surface area contributed by atoms with Crippen LogP contribution in [0.2, 0.25) is 0 Å². The molecule has 0 bridgehead atoms. The number of carbonyl (C=O) groups excluding carboxylic acids is 1. The van der Waals surface area contributed by atoms with E-state index in [2.05, 4.69) is 0 Å². The van der Waals surface area contributed by atoms with Gasteiger partial charge in [-0.15, -0.1) is 0 Å². The molecule has 0 radical (unpaired) electrons. The van der Waals surface area contributed by atoms with E-state index in [4.69, 9.17) is 5.11 Å². The predicted octanol–water partition coefficient (Wildman–Crippen LogP) is 0.997. The van der Waals surface area contributed by atoms with E-state index in [0.29, 0.717) is 5.56 Å². The summed E-state index contributed by atoms with van der Waals surface area (Å²) in [5.41, 5.74) is 0.0531. The summed E-state index contributed by atoms with van der Waals surface area (Å²) in [5.74, 6) is -1.76. The van der Waals surface area contributed by atoms with Gasteiger partial charge in [-0.2, -0.15) is 0 Å². The highest BCUT2D eigenvalue weighted by Crippen LogP contribution is 2.07. The Labute approximate surface area is 85.0 Å². The number of aliphatic carboxylic acids is 1. The van der Waals surface area contributed by atoms with Gasteiger partial charge in [0.15, 0.2) is 0 Å². The van der Waals surface area contributed by atoms with E-state index in [1.165, 1.54) is 24.3 Å². The van der Waals surface area contributed by atoms with Gasteiger partial charge in [0.1, 0.15) is 11.5 Å². The summed E-state index contributed by atoms with van der Waals surface area (Å²) in [6.45, 7) is 0. The number of carbonyl (C=O) groups is 2. The van der Waals surface area contributed by atoms with E-state index in [9.17, 15) is 14.0 Å². The molecule has 0 aromatic heterocycles. The normalized spacial score (nSPS) is 10.9. The van der Waals surface area contributed by atoms with E-state index in [1.54, 1.807) is 0 Å². The third kappa shape index (κ3) is 3.22. The van der Waals surface area contributed by atoms with Crippen molar-refractivity contribution in [2.24, 2.45) is 0 Å². The second-order valence-corrected chi connectivity index (χ2v) is 2.68. The third-order valence-electron chi connectivity index (χ3n) is 1.60. The summed E-state index contributed by atoms with van der Waals surface area (Å²) in [7, 11) is 0. The molecule has 2 N–H and O–H groups in total. The molecule has 0 saturated heterocycles. The van der Waals surface area contributed by atoms with E-state index >= 15 is 0 Å². The molecule has 0 heterocycles. The first kappa shape index (κ1) is 10.9. The molecule has 0 saturated carbocycles. The quantitative estimate of drug-likeness (QED) is 0.574. The number of benzene rings is 1. The van der Waals surface area contributed by atoms with Crippen LogP contribution in [0.4, 0.5) is 4.39 Å². The maximum atomic E-state index is 12.7. The Bertz CT molecular complexity index is 415. The minimum absolute atomic E-state index is 0.249. The van der Waals surface area contributed by atoms with E-state index in [-0.39, 0.29) is 12.1 Å². The molecule has 15 heavy (non-hydrogen) atoms. The molecule has 0 unspecified atom stereocenters. The van der Waals surface area contributed by atoms with Crippen LogP contribution in [0.3, 0.4) is 0 Å². The first-order valence-corrected chi connectivity index (χ1v) is 4.04.